The smallest absolute Gasteiger partial charge is 0.130 e. The Balaban J connectivity index is 2.06. The number of β-amino-alcohol motifs (C(OH)–C–C–N with tert-alkyl or cyclic N) is 1. The zero-order valence-corrected chi connectivity index (χ0v) is 8.27. The molecule has 0 unspecified atom stereocenters. The fourth-order valence-corrected chi connectivity index (χ4v) is 1.66. The van der Waals surface area contributed by atoms with Gasteiger partial charge in [0.1, 0.15) is 5.82 Å². The molecule has 0 aliphatic carbocycles. The number of nitrogens with zero attached hydrogens (tertiary/aromatic N) is 2. The lowest BCUT2D eigenvalue weighted by Crippen LogP contribution is -2.61. The van der Waals surface area contributed by atoms with Crippen molar-refractivity contribution in [1.29, 1.82) is 0 Å². The van der Waals surface area contributed by atoms with Crippen LogP contribution in [0.25, 0.3) is 0 Å². The Bertz CT molecular complexity index is 334. The molecule has 14 heavy (non-hydrogen) atoms. The Kier molecular flexibility index (Phi) is 2.07. The lowest BCUT2D eigenvalue weighted by Gasteiger charge is -2.46. The topological polar surface area (TPSA) is 62.4 Å². The summed E-state index contributed by atoms with van der Waals surface area (Å²) in [5, 5.41) is 9.82. The Morgan fingerprint density at radius 3 is 2.93 bits per heavy atom. The SMILES string of the molecule is CCC1(O)CN(c2cc(N)ccn2)C1. The van der Waals surface area contributed by atoms with Crippen LogP contribution in [0.4, 0.5) is 11.5 Å². The maximum absolute atomic E-state index is 9.82. The third-order valence-corrected chi connectivity index (χ3v) is 2.72. The van der Waals surface area contributed by atoms with Crippen molar-refractivity contribution in [3.05, 3.63) is 18.3 Å². The molecule has 1 fully saturated rings. The summed E-state index contributed by atoms with van der Waals surface area (Å²) in [7, 11) is 0. The highest BCUT2D eigenvalue weighted by atomic mass is 16.3. The fraction of sp³-hybridized carbons (Fsp3) is 0.500. The van der Waals surface area contributed by atoms with Crippen molar-refractivity contribution < 1.29 is 5.11 Å². The van der Waals surface area contributed by atoms with Crippen molar-refractivity contribution in [2.45, 2.75) is 18.9 Å². The van der Waals surface area contributed by atoms with E-state index in [9.17, 15) is 5.11 Å². The van der Waals surface area contributed by atoms with Crippen LogP contribution in [0.1, 0.15) is 13.3 Å². The molecule has 76 valence electrons. The molecule has 1 aromatic rings. The third-order valence-electron chi connectivity index (χ3n) is 2.72. The number of hydrogen-bond donors (Lipinski definition) is 2. The molecule has 2 heterocycles. The molecule has 0 radical (unpaired) electrons. The van der Waals surface area contributed by atoms with Gasteiger partial charge in [-0.25, -0.2) is 4.98 Å². The first kappa shape index (κ1) is 9.27. The van der Waals surface area contributed by atoms with Crippen LogP contribution in [0.2, 0.25) is 0 Å². The maximum Gasteiger partial charge on any atom is 0.130 e. The van der Waals surface area contributed by atoms with Gasteiger partial charge in [0.15, 0.2) is 0 Å². The van der Waals surface area contributed by atoms with Crippen LogP contribution < -0.4 is 10.6 Å². The van der Waals surface area contributed by atoms with Gasteiger partial charge in [0, 0.05) is 31.0 Å². The molecule has 0 saturated carbocycles. The quantitative estimate of drug-likeness (QED) is 0.723. The largest absolute Gasteiger partial charge is 0.399 e. The van der Waals surface area contributed by atoms with Gasteiger partial charge in [-0.15, -0.1) is 0 Å². The van der Waals surface area contributed by atoms with Gasteiger partial charge in [0.25, 0.3) is 0 Å². The average molecular weight is 193 g/mol. The summed E-state index contributed by atoms with van der Waals surface area (Å²) >= 11 is 0. The predicted octanol–water partition coefficient (Wildman–Crippen LogP) is 0.625. The van der Waals surface area contributed by atoms with Crippen molar-refractivity contribution >= 4 is 11.5 Å². The molecule has 0 bridgehead atoms. The number of nitrogen functional groups attached to an aromatic ring is 1. The van der Waals surface area contributed by atoms with E-state index in [1.54, 1.807) is 12.3 Å². The van der Waals surface area contributed by atoms with Crippen LogP contribution in [0, 0.1) is 0 Å². The van der Waals surface area contributed by atoms with Crippen LogP contribution in [-0.2, 0) is 0 Å². The number of hydrogen-bond acceptors (Lipinski definition) is 4. The zero-order valence-electron chi connectivity index (χ0n) is 8.27. The molecule has 4 nitrogen and oxygen atoms in total. The number of rotatable bonds is 2. The molecule has 3 N–H and O–H groups in total. The van der Waals surface area contributed by atoms with Gasteiger partial charge in [0.2, 0.25) is 0 Å². The minimum atomic E-state index is -0.522. The molecule has 0 amide bonds. The summed E-state index contributed by atoms with van der Waals surface area (Å²) in [5.41, 5.74) is 5.83. The maximum atomic E-state index is 9.82. The molecule has 1 aliphatic heterocycles. The molecule has 1 saturated heterocycles. The summed E-state index contributed by atoms with van der Waals surface area (Å²) in [5.74, 6) is 0.850. The molecule has 0 aromatic carbocycles. The van der Waals surface area contributed by atoms with Crippen molar-refractivity contribution in [2.24, 2.45) is 0 Å². The van der Waals surface area contributed by atoms with E-state index in [0.29, 0.717) is 18.8 Å². The number of aromatic nitrogens is 1. The van der Waals surface area contributed by atoms with Gasteiger partial charge < -0.3 is 15.7 Å². The Labute approximate surface area is 83.4 Å². The van der Waals surface area contributed by atoms with Crippen molar-refractivity contribution in [1.82, 2.24) is 4.98 Å². The minimum Gasteiger partial charge on any atom is -0.399 e. The van der Waals surface area contributed by atoms with Gasteiger partial charge in [0.05, 0.1) is 5.60 Å². The highest BCUT2D eigenvalue weighted by molar-refractivity contribution is 5.52. The van der Waals surface area contributed by atoms with E-state index >= 15 is 0 Å². The van der Waals surface area contributed by atoms with E-state index in [0.717, 1.165) is 12.2 Å². The molecule has 0 spiro atoms. The molecule has 0 atom stereocenters. The van der Waals surface area contributed by atoms with Gasteiger partial charge >= 0.3 is 0 Å². The molecular formula is C10H15N3O. The van der Waals surface area contributed by atoms with Crippen LogP contribution in [0.15, 0.2) is 18.3 Å². The highest BCUT2D eigenvalue weighted by Crippen LogP contribution is 2.28. The first-order chi connectivity index (χ1) is 6.63. The van der Waals surface area contributed by atoms with E-state index in [1.165, 1.54) is 0 Å². The number of aliphatic hydroxyl groups is 1. The van der Waals surface area contributed by atoms with Crippen molar-refractivity contribution in [2.75, 3.05) is 23.7 Å². The summed E-state index contributed by atoms with van der Waals surface area (Å²) < 4.78 is 0. The lowest BCUT2D eigenvalue weighted by molar-refractivity contribution is 0.00807. The van der Waals surface area contributed by atoms with E-state index in [2.05, 4.69) is 4.98 Å². The first-order valence-electron chi connectivity index (χ1n) is 4.82. The second-order valence-electron chi connectivity index (χ2n) is 3.88. The summed E-state index contributed by atoms with van der Waals surface area (Å²) in [6.45, 7) is 3.30. The molecule has 1 aliphatic rings. The summed E-state index contributed by atoms with van der Waals surface area (Å²) in [6, 6.07) is 3.59. The standard InChI is InChI=1S/C10H15N3O/c1-2-10(14)6-13(7-10)9-5-8(11)3-4-12-9/h3-5,14H,2,6-7H2,1H3,(H2,11,12). The van der Waals surface area contributed by atoms with Crippen LogP contribution in [-0.4, -0.2) is 28.8 Å². The van der Waals surface area contributed by atoms with Crippen molar-refractivity contribution in [3.8, 4) is 0 Å². The highest BCUT2D eigenvalue weighted by Gasteiger charge is 2.39. The number of pyridine rings is 1. The van der Waals surface area contributed by atoms with Gasteiger partial charge in [-0.05, 0) is 12.5 Å². The van der Waals surface area contributed by atoms with Gasteiger partial charge in [-0.1, -0.05) is 6.92 Å². The first-order valence-corrected chi connectivity index (χ1v) is 4.82. The molecule has 2 rings (SSSR count). The summed E-state index contributed by atoms with van der Waals surface area (Å²) in [4.78, 5) is 6.22. The normalized spacial score (nSPS) is 19.1. The average Bonchev–Trinajstić information content (AvgIpc) is 2.13. The zero-order chi connectivity index (χ0) is 10.2. The van der Waals surface area contributed by atoms with E-state index < -0.39 is 5.60 Å². The predicted molar refractivity (Wildman–Crippen MR) is 56.1 cm³/mol. The molecular weight excluding hydrogens is 178 g/mol. The summed E-state index contributed by atoms with van der Waals surface area (Å²) in [6.07, 6.45) is 2.47. The number of anilines is 2. The second-order valence-corrected chi connectivity index (χ2v) is 3.88. The molecule has 1 aromatic heterocycles. The van der Waals surface area contributed by atoms with E-state index in [-0.39, 0.29) is 0 Å². The van der Waals surface area contributed by atoms with Crippen LogP contribution >= 0.6 is 0 Å². The van der Waals surface area contributed by atoms with E-state index in [1.807, 2.05) is 17.9 Å². The monoisotopic (exact) mass is 193 g/mol. The fourth-order valence-electron chi connectivity index (χ4n) is 1.66. The van der Waals surface area contributed by atoms with Crippen molar-refractivity contribution in [3.63, 3.8) is 0 Å². The number of nitrogens with two attached hydrogens (primary N) is 1. The third kappa shape index (κ3) is 1.53. The van der Waals surface area contributed by atoms with E-state index in [4.69, 9.17) is 5.73 Å². The minimum absolute atomic E-state index is 0.522. The van der Waals surface area contributed by atoms with Gasteiger partial charge in [-0.3, -0.25) is 0 Å². The van der Waals surface area contributed by atoms with Gasteiger partial charge in [-0.2, -0.15) is 0 Å². The Morgan fingerprint density at radius 2 is 2.36 bits per heavy atom. The Hall–Kier alpha value is -1.29. The van der Waals surface area contributed by atoms with Crippen LogP contribution in [0.3, 0.4) is 0 Å². The van der Waals surface area contributed by atoms with Crippen LogP contribution in [0.5, 0.6) is 0 Å². The lowest BCUT2D eigenvalue weighted by atomic mass is 9.91. The Morgan fingerprint density at radius 1 is 1.64 bits per heavy atom. The molecule has 4 heteroatoms. The second kappa shape index (κ2) is 3.13.